The largest absolute Gasteiger partial charge is 0.392 e. The summed E-state index contributed by atoms with van der Waals surface area (Å²) in [5, 5.41) is 22.4. The first kappa shape index (κ1) is 10.9. The molecule has 0 radical (unpaired) electrons. The van der Waals surface area contributed by atoms with Gasteiger partial charge in [-0.05, 0) is 11.3 Å². The van der Waals surface area contributed by atoms with E-state index in [9.17, 15) is 5.11 Å². The van der Waals surface area contributed by atoms with Crippen molar-refractivity contribution < 1.29 is 5.11 Å². The Balaban J connectivity index is 2.06. The second kappa shape index (κ2) is 4.23. The number of aryl methyl sites for hydroxylation is 1. The zero-order chi connectivity index (χ0) is 12.5. The summed E-state index contributed by atoms with van der Waals surface area (Å²) >= 11 is 0. The highest BCUT2D eigenvalue weighted by Crippen LogP contribution is 2.21. The Morgan fingerprint density at radius 2 is 2.11 bits per heavy atom. The molecule has 6 nitrogen and oxygen atoms in total. The lowest BCUT2D eigenvalue weighted by Gasteiger charge is -2.00. The van der Waals surface area contributed by atoms with Gasteiger partial charge in [0.25, 0.3) is 0 Å². The van der Waals surface area contributed by atoms with Crippen molar-refractivity contribution in [3.63, 3.8) is 0 Å². The number of para-hydroxylation sites is 1. The molecule has 1 aromatic carbocycles. The minimum absolute atomic E-state index is 0.0292. The van der Waals surface area contributed by atoms with Gasteiger partial charge in [-0.15, -0.1) is 10.2 Å². The maximum Gasteiger partial charge on any atom is 0.194 e. The molecule has 0 spiro atoms. The first-order chi connectivity index (χ1) is 8.78. The van der Waals surface area contributed by atoms with Crippen LogP contribution in [0.1, 0.15) is 11.4 Å². The number of benzene rings is 1. The molecule has 2 heterocycles. The molecular formula is C12H13N5O. The smallest absolute Gasteiger partial charge is 0.194 e. The molecule has 1 N–H and O–H groups in total. The van der Waals surface area contributed by atoms with Crippen LogP contribution in [0, 0.1) is 0 Å². The molecule has 0 bridgehead atoms. The number of hydrogen-bond donors (Lipinski definition) is 1. The molecule has 6 heteroatoms. The molecule has 92 valence electrons. The van der Waals surface area contributed by atoms with Gasteiger partial charge in [-0.1, -0.05) is 18.2 Å². The highest BCUT2D eigenvalue weighted by Gasteiger charge is 2.09. The summed E-state index contributed by atoms with van der Waals surface area (Å²) in [6.45, 7) is 0.579. The summed E-state index contributed by atoms with van der Waals surface area (Å²) in [5.41, 5.74) is 1.98. The minimum Gasteiger partial charge on any atom is -0.392 e. The molecule has 0 amide bonds. The number of fused-ring (bicyclic) bond motifs is 1. The number of hydrogen-bond acceptors (Lipinski definition) is 4. The third-order valence-corrected chi connectivity index (χ3v) is 2.90. The van der Waals surface area contributed by atoms with E-state index in [1.807, 2.05) is 35.0 Å². The lowest BCUT2D eigenvalue weighted by molar-refractivity contribution is 0.283. The van der Waals surface area contributed by atoms with Gasteiger partial charge in [-0.3, -0.25) is 0 Å². The van der Waals surface area contributed by atoms with Crippen LogP contribution in [0.5, 0.6) is 0 Å². The number of nitrogens with zero attached hydrogens (tertiary/aromatic N) is 5. The third-order valence-electron chi connectivity index (χ3n) is 2.90. The quantitative estimate of drug-likeness (QED) is 0.735. The van der Waals surface area contributed by atoms with Crippen LogP contribution in [-0.4, -0.2) is 29.9 Å². The van der Waals surface area contributed by atoms with Crippen molar-refractivity contribution in [2.75, 3.05) is 0 Å². The Hall–Kier alpha value is -2.21. The summed E-state index contributed by atoms with van der Waals surface area (Å²) in [7, 11) is 1.74. The van der Waals surface area contributed by atoms with E-state index >= 15 is 0 Å². The average molecular weight is 243 g/mol. The fraction of sp³-hybridized carbons (Fsp3) is 0.250. The van der Waals surface area contributed by atoms with E-state index in [1.165, 1.54) is 4.80 Å². The van der Waals surface area contributed by atoms with Crippen LogP contribution in [0.3, 0.4) is 0 Å². The van der Waals surface area contributed by atoms with Crippen LogP contribution >= 0.6 is 0 Å². The molecule has 0 fully saturated rings. The second-order valence-corrected chi connectivity index (χ2v) is 4.15. The Bertz CT molecular complexity index is 685. The van der Waals surface area contributed by atoms with E-state index in [4.69, 9.17) is 0 Å². The van der Waals surface area contributed by atoms with Gasteiger partial charge in [0.1, 0.15) is 0 Å². The lowest BCUT2D eigenvalue weighted by Crippen LogP contribution is -2.01. The Labute approximate surface area is 103 Å². The molecule has 0 saturated carbocycles. The van der Waals surface area contributed by atoms with Gasteiger partial charge in [0, 0.05) is 22.7 Å². The first-order valence-electron chi connectivity index (χ1n) is 5.68. The van der Waals surface area contributed by atoms with Crippen LogP contribution in [0.25, 0.3) is 10.9 Å². The van der Waals surface area contributed by atoms with Crippen molar-refractivity contribution in [1.82, 2.24) is 24.8 Å². The van der Waals surface area contributed by atoms with Crippen molar-refractivity contribution in [1.29, 1.82) is 0 Å². The van der Waals surface area contributed by atoms with Crippen LogP contribution < -0.4 is 0 Å². The van der Waals surface area contributed by atoms with Gasteiger partial charge in [-0.2, -0.15) is 4.80 Å². The van der Waals surface area contributed by atoms with Crippen molar-refractivity contribution in [2.45, 2.75) is 13.2 Å². The molecule has 2 aromatic heterocycles. The molecule has 18 heavy (non-hydrogen) atoms. The monoisotopic (exact) mass is 243 g/mol. The van der Waals surface area contributed by atoms with Crippen molar-refractivity contribution >= 4 is 10.9 Å². The van der Waals surface area contributed by atoms with Crippen molar-refractivity contribution in [2.24, 2.45) is 7.05 Å². The van der Waals surface area contributed by atoms with Crippen molar-refractivity contribution in [3.05, 3.63) is 41.9 Å². The van der Waals surface area contributed by atoms with Gasteiger partial charge >= 0.3 is 0 Å². The van der Waals surface area contributed by atoms with Crippen LogP contribution in [-0.2, 0) is 20.2 Å². The number of tetrazole rings is 1. The van der Waals surface area contributed by atoms with E-state index in [0.717, 1.165) is 16.5 Å². The fourth-order valence-corrected chi connectivity index (χ4v) is 2.12. The normalized spacial score (nSPS) is 11.2. The maximum atomic E-state index is 9.36. The van der Waals surface area contributed by atoms with Gasteiger partial charge < -0.3 is 9.67 Å². The van der Waals surface area contributed by atoms with Gasteiger partial charge in [0.05, 0.1) is 20.2 Å². The molecule has 0 aliphatic heterocycles. The van der Waals surface area contributed by atoms with E-state index in [0.29, 0.717) is 12.4 Å². The summed E-state index contributed by atoms with van der Waals surface area (Å²) in [5.74, 6) is 0.655. The number of aliphatic hydroxyl groups excluding tert-OH is 1. The van der Waals surface area contributed by atoms with Crippen LogP contribution in [0.15, 0.2) is 30.5 Å². The second-order valence-electron chi connectivity index (χ2n) is 4.15. The highest BCUT2D eigenvalue weighted by atomic mass is 16.3. The van der Waals surface area contributed by atoms with Gasteiger partial charge in [0.15, 0.2) is 5.82 Å². The summed E-state index contributed by atoms with van der Waals surface area (Å²) in [6, 6.07) is 7.96. The molecular weight excluding hydrogens is 230 g/mol. The first-order valence-corrected chi connectivity index (χ1v) is 5.68. The Kier molecular flexibility index (Phi) is 2.56. The summed E-state index contributed by atoms with van der Waals surface area (Å²) in [6.07, 6.45) is 1.93. The van der Waals surface area contributed by atoms with Crippen LogP contribution in [0.4, 0.5) is 0 Å². The fourth-order valence-electron chi connectivity index (χ4n) is 2.12. The minimum atomic E-state index is 0.0292. The molecule has 0 atom stereocenters. The molecule has 3 rings (SSSR count). The summed E-state index contributed by atoms with van der Waals surface area (Å²) in [4.78, 5) is 1.44. The SMILES string of the molecule is Cn1nnc(Cn2cc(CO)c3ccccc32)n1. The molecule has 0 unspecified atom stereocenters. The zero-order valence-electron chi connectivity index (χ0n) is 9.98. The topological polar surface area (TPSA) is 68.8 Å². The molecule has 0 saturated heterocycles. The molecule has 0 aliphatic carbocycles. The van der Waals surface area contributed by atoms with Gasteiger partial charge in [0.2, 0.25) is 0 Å². The Morgan fingerprint density at radius 1 is 1.28 bits per heavy atom. The van der Waals surface area contributed by atoms with Crippen molar-refractivity contribution in [3.8, 4) is 0 Å². The Morgan fingerprint density at radius 3 is 2.83 bits per heavy atom. The highest BCUT2D eigenvalue weighted by molar-refractivity contribution is 5.83. The lowest BCUT2D eigenvalue weighted by atomic mass is 10.2. The molecule has 3 aromatic rings. The number of aliphatic hydroxyl groups is 1. The van der Waals surface area contributed by atoms with Crippen LogP contribution in [0.2, 0.25) is 0 Å². The molecule has 0 aliphatic rings. The van der Waals surface area contributed by atoms with E-state index in [1.54, 1.807) is 7.05 Å². The number of aromatic nitrogens is 5. The zero-order valence-corrected chi connectivity index (χ0v) is 9.98. The maximum absolute atomic E-state index is 9.36. The predicted octanol–water partition coefficient (Wildman–Crippen LogP) is 0.705. The summed E-state index contributed by atoms with van der Waals surface area (Å²) < 4.78 is 2.03. The average Bonchev–Trinajstić information content (AvgIpc) is 2.95. The standard InChI is InChI=1S/C12H13N5O/c1-16-14-12(13-15-16)7-17-6-9(8-18)10-4-2-3-5-11(10)17/h2-6,18H,7-8H2,1H3. The number of rotatable bonds is 3. The van der Waals surface area contributed by atoms with E-state index in [-0.39, 0.29) is 6.61 Å². The predicted molar refractivity (Wildman–Crippen MR) is 65.8 cm³/mol. The third kappa shape index (κ3) is 1.76. The van der Waals surface area contributed by atoms with E-state index in [2.05, 4.69) is 15.4 Å². The van der Waals surface area contributed by atoms with Gasteiger partial charge in [-0.25, -0.2) is 0 Å². The van der Waals surface area contributed by atoms with E-state index < -0.39 is 0 Å².